The summed E-state index contributed by atoms with van der Waals surface area (Å²) in [4.78, 5) is 20.5. The Kier molecular flexibility index (Phi) is 5.22. The standard InChI is InChI=1S/C15H9BrN2OS.ClH/c16-11-7-10(8-17-9-11)5-6-13(19)15-18-12-3-1-2-4-14(12)20-15;/h1-9H;1H/b6-5+;. The number of para-hydroxylation sites is 1. The Bertz CT molecular complexity index is 783. The van der Waals surface area contributed by atoms with Crippen molar-refractivity contribution < 1.29 is 4.79 Å². The van der Waals surface area contributed by atoms with Crippen LogP contribution in [0.4, 0.5) is 0 Å². The van der Waals surface area contributed by atoms with E-state index in [9.17, 15) is 4.79 Å². The van der Waals surface area contributed by atoms with E-state index in [-0.39, 0.29) is 18.2 Å². The zero-order chi connectivity index (χ0) is 13.9. The van der Waals surface area contributed by atoms with Gasteiger partial charge in [-0.05, 0) is 51.8 Å². The first-order valence-electron chi connectivity index (χ1n) is 5.91. The molecule has 0 saturated carbocycles. The summed E-state index contributed by atoms with van der Waals surface area (Å²) in [6, 6.07) is 9.63. The van der Waals surface area contributed by atoms with Crippen LogP contribution < -0.4 is 0 Å². The van der Waals surface area contributed by atoms with E-state index in [0.29, 0.717) is 5.01 Å². The highest BCUT2D eigenvalue weighted by Crippen LogP contribution is 2.22. The summed E-state index contributed by atoms with van der Waals surface area (Å²) in [6.07, 6.45) is 6.67. The van der Waals surface area contributed by atoms with Crippen LogP contribution in [0.25, 0.3) is 16.3 Å². The molecule has 0 N–H and O–H groups in total. The molecule has 0 bridgehead atoms. The highest BCUT2D eigenvalue weighted by Gasteiger charge is 2.08. The summed E-state index contributed by atoms with van der Waals surface area (Å²) in [5.74, 6) is -0.0915. The molecule has 0 amide bonds. The van der Waals surface area contributed by atoms with Crippen molar-refractivity contribution >= 4 is 61.7 Å². The van der Waals surface area contributed by atoms with Gasteiger partial charge >= 0.3 is 0 Å². The van der Waals surface area contributed by atoms with Gasteiger partial charge in [0.1, 0.15) is 0 Å². The van der Waals surface area contributed by atoms with E-state index in [0.717, 1.165) is 20.3 Å². The van der Waals surface area contributed by atoms with Gasteiger partial charge in [-0.15, -0.1) is 23.7 Å². The van der Waals surface area contributed by atoms with Crippen LogP contribution in [0.3, 0.4) is 0 Å². The Balaban J connectivity index is 0.00000161. The SMILES string of the molecule is Cl.O=C(/C=C/c1cncc(Br)c1)c1nc2ccccc2s1. The lowest BCUT2D eigenvalue weighted by Gasteiger charge is -1.93. The molecule has 1 aromatic carbocycles. The summed E-state index contributed by atoms with van der Waals surface area (Å²) in [5, 5.41) is 0.505. The maximum atomic E-state index is 12.1. The first kappa shape index (κ1) is 15.8. The van der Waals surface area contributed by atoms with Gasteiger partial charge in [-0.3, -0.25) is 9.78 Å². The highest BCUT2D eigenvalue weighted by atomic mass is 79.9. The van der Waals surface area contributed by atoms with Crippen molar-refractivity contribution in [1.82, 2.24) is 9.97 Å². The third kappa shape index (κ3) is 3.75. The van der Waals surface area contributed by atoms with Crippen molar-refractivity contribution in [3.63, 3.8) is 0 Å². The second kappa shape index (κ2) is 6.93. The topological polar surface area (TPSA) is 42.9 Å². The number of aromatic nitrogens is 2. The van der Waals surface area contributed by atoms with E-state index in [2.05, 4.69) is 25.9 Å². The molecule has 0 aliphatic carbocycles. The van der Waals surface area contributed by atoms with Gasteiger partial charge in [-0.1, -0.05) is 12.1 Å². The van der Waals surface area contributed by atoms with Gasteiger partial charge in [0.15, 0.2) is 5.01 Å². The second-order valence-electron chi connectivity index (χ2n) is 4.12. The number of hydrogen-bond donors (Lipinski definition) is 0. The lowest BCUT2D eigenvalue weighted by atomic mass is 10.2. The van der Waals surface area contributed by atoms with Gasteiger partial charge in [-0.25, -0.2) is 4.98 Å². The lowest BCUT2D eigenvalue weighted by Crippen LogP contribution is -1.92. The smallest absolute Gasteiger partial charge is 0.214 e. The molecule has 3 rings (SSSR count). The Labute approximate surface area is 140 Å². The summed E-state index contributed by atoms with van der Waals surface area (Å²) < 4.78 is 1.90. The number of fused-ring (bicyclic) bond motifs is 1. The zero-order valence-electron chi connectivity index (χ0n) is 10.7. The fourth-order valence-electron chi connectivity index (χ4n) is 1.74. The Morgan fingerprint density at radius 2 is 2.05 bits per heavy atom. The van der Waals surface area contributed by atoms with Gasteiger partial charge in [0, 0.05) is 16.9 Å². The molecule has 0 radical (unpaired) electrons. The molecule has 3 nitrogen and oxygen atoms in total. The molecular formula is C15H10BrClN2OS. The van der Waals surface area contributed by atoms with Crippen LogP contribution in [0.5, 0.6) is 0 Å². The summed E-state index contributed by atoms with van der Waals surface area (Å²) >= 11 is 4.75. The molecule has 3 aromatic rings. The van der Waals surface area contributed by atoms with Crippen LogP contribution in [0, 0.1) is 0 Å². The minimum atomic E-state index is -0.0915. The fourth-order valence-corrected chi connectivity index (χ4v) is 3.01. The molecule has 21 heavy (non-hydrogen) atoms. The normalized spacial score (nSPS) is 10.7. The quantitative estimate of drug-likeness (QED) is 0.485. The Morgan fingerprint density at radius 3 is 2.81 bits per heavy atom. The lowest BCUT2D eigenvalue weighted by molar-refractivity contribution is 0.104. The maximum Gasteiger partial charge on any atom is 0.214 e. The van der Waals surface area contributed by atoms with Gasteiger partial charge in [0.25, 0.3) is 0 Å². The first-order chi connectivity index (χ1) is 9.72. The summed E-state index contributed by atoms with van der Waals surface area (Å²) in [7, 11) is 0. The molecule has 0 fully saturated rings. The van der Waals surface area contributed by atoms with Crippen molar-refractivity contribution in [3.05, 3.63) is 63.8 Å². The minimum absolute atomic E-state index is 0. The van der Waals surface area contributed by atoms with E-state index in [1.54, 1.807) is 18.5 Å². The largest absolute Gasteiger partial charge is 0.287 e. The number of ketones is 1. The average Bonchev–Trinajstić information content (AvgIpc) is 2.89. The van der Waals surface area contributed by atoms with E-state index in [4.69, 9.17) is 0 Å². The van der Waals surface area contributed by atoms with Crippen LogP contribution in [0.2, 0.25) is 0 Å². The number of nitrogens with zero attached hydrogens (tertiary/aromatic N) is 2. The monoisotopic (exact) mass is 380 g/mol. The van der Waals surface area contributed by atoms with Crippen LogP contribution >= 0.6 is 39.7 Å². The molecule has 0 aliphatic heterocycles. The molecule has 106 valence electrons. The number of carbonyl (C=O) groups excluding carboxylic acids is 1. The van der Waals surface area contributed by atoms with E-state index in [1.807, 2.05) is 30.3 Å². The third-order valence-corrected chi connectivity index (χ3v) is 4.14. The van der Waals surface area contributed by atoms with Crippen LogP contribution in [-0.2, 0) is 0 Å². The van der Waals surface area contributed by atoms with Crippen LogP contribution in [-0.4, -0.2) is 15.8 Å². The summed E-state index contributed by atoms with van der Waals surface area (Å²) in [5.41, 5.74) is 1.73. The maximum absolute atomic E-state index is 12.1. The minimum Gasteiger partial charge on any atom is -0.287 e. The predicted molar refractivity (Wildman–Crippen MR) is 92.2 cm³/mol. The number of benzene rings is 1. The molecule has 0 unspecified atom stereocenters. The van der Waals surface area contributed by atoms with Crippen molar-refractivity contribution in [1.29, 1.82) is 0 Å². The van der Waals surface area contributed by atoms with Crippen molar-refractivity contribution in [2.24, 2.45) is 0 Å². The number of thiazole rings is 1. The van der Waals surface area contributed by atoms with E-state index >= 15 is 0 Å². The van der Waals surface area contributed by atoms with Gasteiger partial charge in [0.2, 0.25) is 5.78 Å². The van der Waals surface area contributed by atoms with Gasteiger partial charge < -0.3 is 0 Å². The molecule has 0 saturated heterocycles. The van der Waals surface area contributed by atoms with Crippen LogP contribution in [0.15, 0.2) is 53.3 Å². The molecule has 2 aromatic heterocycles. The van der Waals surface area contributed by atoms with Crippen LogP contribution in [0.1, 0.15) is 15.4 Å². The van der Waals surface area contributed by atoms with E-state index < -0.39 is 0 Å². The number of rotatable bonds is 3. The number of halogens is 2. The Morgan fingerprint density at radius 1 is 1.24 bits per heavy atom. The predicted octanol–water partition coefficient (Wildman–Crippen LogP) is 4.77. The number of carbonyl (C=O) groups is 1. The number of allylic oxidation sites excluding steroid dienone is 1. The number of hydrogen-bond acceptors (Lipinski definition) is 4. The molecule has 0 atom stereocenters. The number of pyridine rings is 1. The van der Waals surface area contributed by atoms with Gasteiger partial charge in [0.05, 0.1) is 10.2 Å². The Hall–Kier alpha value is -1.56. The van der Waals surface area contributed by atoms with Crippen molar-refractivity contribution in [3.8, 4) is 0 Å². The molecule has 6 heteroatoms. The summed E-state index contributed by atoms with van der Waals surface area (Å²) in [6.45, 7) is 0. The van der Waals surface area contributed by atoms with Crippen molar-refractivity contribution in [2.75, 3.05) is 0 Å². The molecule has 0 aliphatic rings. The van der Waals surface area contributed by atoms with Gasteiger partial charge in [-0.2, -0.15) is 0 Å². The fraction of sp³-hybridized carbons (Fsp3) is 0. The first-order valence-corrected chi connectivity index (χ1v) is 7.52. The average molecular weight is 382 g/mol. The second-order valence-corrected chi connectivity index (χ2v) is 6.07. The molecule has 2 heterocycles. The zero-order valence-corrected chi connectivity index (χ0v) is 13.9. The van der Waals surface area contributed by atoms with E-state index in [1.165, 1.54) is 17.4 Å². The van der Waals surface area contributed by atoms with Crippen molar-refractivity contribution in [2.45, 2.75) is 0 Å². The third-order valence-electron chi connectivity index (χ3n) is 2.66. The molecule has 0 spiro atoms. The highest BCUT2D eigenvalue weighted by molar-refractivity contribution is 9.10. The molecular weight excluding hydrogens is 372 g/mol.